The summed E-state index contributed by atoms with van der Waals surface area (Å²) in [5, 5.41) is 9.21. The van der Waals surface area contributed by atoms with Crippen molar-refractivity contribution in [2.24, 2.45) is 0 Å². The lowest BCUT2D eigenvalue weighted by Crippen LogP contribution is -2.00. The highest BCUT2D eigenvalue weighted by Gasteiger charge is 2.09. The van der Waals surface area contributed by atoms with Crippen molar-refractivity contribution >= 4 is 34.7 Å². The summed E-state index contributed by atoms with van der Waals surface area (Å²) in [4.78, 5) is 3.72. The predicted molar refractivity (Wildman–Crippen MR) is 59.5 cm³/mol. The Hall–Kier alpha value is -1.53. The van der Waals surface area contributed by atoms with Gasteiger partial charge in [0.15, 0.2) is 11.0 Å². The molecule has 1 N–H and O–H groups in total. The molecule has 0 aliphatic rings. The van der Waals surface area contributed by atoms with Crippen molar-refractivity contribution < 1.29 is 8.78 Å². The summed E-state index contributed by atoms with van der Waals surface area (Å²) < 4.78 is 26.0. The van der Waals surface area contributed by atoms with Crippen LogP contribution in [-0.2, 0) is 0 Å². The van der Waals surface area contributed by atoms with Gasteiger partial charge in [0.2, 0.25) is 5.28 Å². The van der Waals surface area contributed by atoms with Gasteiger partial charge in [-0.3, -0.25) is 0 Å². The second-order valence-corrected chi connectivity index (χ2v) is 3.67. The fourth-order valence-corrected chi connectivity index (χ4v) is 1.34. The number of hydrogen-bond acceptors (Lipinski definition) is 4. The van der Waals surface area contributed by atoms with Gasteiger partial charge < -0.3 is 5.32 Å². The number of hydrogen-bond donors (Lipinski definition) is 1. The van der Waals surface area contributed by atoms with E-state index < -0.39 is 11.6 Å². The van der Waals surface area contributed by atoms with Gasteiger partial charge in [0.25, 0.3) is 0 Å². The van der Waals surface area contributed by atoms with E-state index in [1.54, 1.807) is 0 Å². The van der Waals surface area contributed by atoms with Gasteiger partial charge in [0, 0.05) is 6.07 Å². The van der Waals surface area contributed by atoms with Crippen molar-refractivity contribution in [1.29, 1.82) is 0 Å². The van der Waals surface area contributed by atoms with Crippen LogP contribution in [0, 0.1) is 11.6 Å². The molecule has 1 heterocycles. The van der Waals surface area contributed by atoms with Crippen LogP contribution in [0.4, 0.5) is 20.3 Å². The van der Waals surface area contributed by atoms with Crippen molar-refractivity contribution in [3.8, 4) is 0 Å². The lowest BCUT2D eigenvalue weighted by Gasteiger charge is -2.07. The maximum atomic E-state index is 13.3. The van der Waals surface area contributed by atoms with E-state index in [1.165, 1.54) is 6.07 Å². The third-order valence-corrected chi connectivity index (χ3v) is 2.22. The molecule has 2 rings (SSSR count). The van der Waals surface area contributed by atoms with Crippen LogP contribution in [0.1, 0.15) is 0 Å². The number of aromatic nitrogens is 3. The second-order valence-electron chi connectivity index (χ2n) is 2.97. The zero-order valence-corrected chi connectivity index (χ0v) is 9.60. The zero-order chi connectivity index (χ0) is 12.4. The Morgan fingerprint density at radius 3 is 2.59 bits per heavy atom. The molecule has 0 aliphatic heterocycles. The maximum absolute atomic E-state index is 13.3. The summed E-state index contributed by atoms with van der Waals surface area (Å²) >= 11 is 11.2. The molecule has 0 bridgehead atoms. The minimum Gasteiger partial charge on any atom is -0.335 e. The third kappa shape index (κ3) is 2.78. The summed E-state index contributed by atoms with van der Waals surface area (Å²) in [7, 11) is 0. The van der Waals surface area contributed by atoms with Crippen molar-refractivity contribution in [2.45, 2.75) is 0 Å². The van der Waals surface area contributed by atoms with E-state index in [1.807, 2.05) is 0 Å². The Balaban J connectivity index is 2.34. The monoisotopic (exact) mass is 276 g/mol. The Kier molecular flexibility index (Phi) is 3.35. The van der Waals surface area contributed by atoms with Crippen LogP contribution in [0.25, 0.3) is 0 Å². The summed E-state index contributed by atoms with van der Waals surface area (Å²) in [6.45, 7) is 0. The molecule has 0 fully saturated rings. The van der Waals surface area contributed by atoms with Gasteiger partial charge in [0.1, 0.15) is 11.6 Å². The van der Waals surface area contributed by atoms with Gasteiger partial charge in [-0.1, -0.05) is 11.6 Å². The minimum absolute atomic E-state index is 0.00451. The van der Waals surface area contributed by atoms with E-state index >= 15 is 0 Å². The van der Waals surface area contributed by atoms with E-state index in [0.717, 1.165) is 12.1 Å². The van der Waals surface area contributed by atoms with E-state index in [9.17, 15) is 8.78 Å². The highest BCUT2D eigenvalue weighted by molar-refractivity contribution is 6.32. The van der Waals surface area contributed by atoms with Crippen LogP contribution >= 0.6 is 23.2 Å². The normalized spacial score (nSPS) is 10.4. The van der Waals surface area contributed by atoms with Crippen molar-refractivity contribution in [3.05, 3.63) is 40.3 Å². The Morgan fingerprint density at radius 1 is 1.12 bits per heavy atom. The number of rotatable bonds is 2. The van der Waals surface area contributed by atoms with E-state index in [4.69, 9.17) is 23.2 Å². The summed E-state index contributed by atoms with van der Waals surface area (Å²) in [5.41, 5.74) is 0.00451. The van der Waals surface area contributed by atoms with Gasteiger partial charge in [-0.2, -0.15) is 4.98 Å². The highest BCUT2D eigenvalue weighted by atomic mass is 35.5. The lowest BCUT2D eigenvalue weighted by atomic mass is 10.3. The van der Waals surface area contributed by atoms with E-state index in [0.29, 0.717) is 0 Å². The predicted octanol–water partition coefficient (Wildman–Crippen LogP) is 3.20. The fourth-order valence-electron chi connectivity index (χ4n) is 1.09. The van der Waals surface area contributed by atoms with Crippen LogP contribution in [0.5, 0.6) is 0 Å². The molecule has 0 spiro atoms. The van der Waals surface area contributed by atoms with Gasteiger partial charge in [-0.25, -0.2) is 8.78 Å². The molecule has 0 unspecified atom stereocenters. The van der Waals surface area contributed by atoms with Crippen LogP contribution < -0.4 is 5.32 Å². The lowest BCUT2D eigenvalue weighted by molar-refractivity contribution is 0.586. The first-order valence-corrected chi connectivity index (χ1v) is 5.09. The molecule has 0 amide bonds. The molecule has 17 heavy (non-hydrogen) atoms. The number of anilines is 2. The van der Waals surface area contributed by atoms with Crippen molar-refractivity contribution in [2.75, 3.05) is 5.32 Å². The zero-order valence-electron chi connectivity index (χ0n) is 8.09. The molecule has 0 radical (unpaired) electrons. The largest absolute Gasteiger partial charge is 0.335 e. The summed E-state index contributed by atoms with van der Waals surface area (Å²) in [6.07, 6.45) is 0. The average Bonchev–Trinajstić information content (AvgIpc) is 2.27. The number of benzene rings is 1. The van der Waals surface area contributed by atoms with Crippen molar-refractivity contribution in [1.82, 2.24) is 15.2 Å². The van der Waals surface area contributed by atoms with Crippen LogP contribution in [-0.4, -0.2) is 15.2 Å². The first kappa shape index (κ1) is 11.9. The maximum Gasteiger partial charge on any atom is 0.245 e. The number of nitrogens with zero attached hydrogens (tertiary/aromatic N) is 3. The van der Waals surface area contributed by atoms with Gasteiger partial charge in [0.05, 0.1) is 5.69 Å². The topological polar surface area (TPSA) is 50.7 Å². The number of nitrogens with one attached hydrogen (secondary N) is 1. The molecular formula is C9H4Cl2F2N4. The standard InChI is InChI=1S/C9H4Cl2F2N4/c10-7-8(15-9(11)17-16-7)14-6-2-1-4(12)3-5(6)13/h1-3H,(H,14,15,17). The SMILES string of the molecule is Fc1ccc(Nc2nc(Cl)nnc2Cl)c(F)c1. The molecule has 0 saturated carbocycles. The summed E-state index contributed by atoms with van der Waals surface area (Å²) in [6, 6.07) is 3.03. The molecule has 2 aromatic rings. The first-order chi connectivity index (χ1) is 8.06. The second kappa shape index (κ2) is 4.77. The Bertz CT molecular complexity index is 565. The number of halogens is 4. The molecule has 8 heteroatoms. The van der Waals surface area contributed by atoms with Crippen molar-refractivity contribution in [3.63, 3.8) is 0 Å². The molecule has 0 saturated heterocycles. The Morgan fingerprint density at radius 2 is 1.88 bits per heavy atom. The smallest absolute Gasteiger partial charge is 0.245 e. The van der Waals surface area contributed by atoms with Crippen LogP contribution in [0.3, 0.4) is 0 Å². The molecule has 1 aromatic carbocycles. The first-order valence-electron chi connectivity index (χ1n) is 4.34. The molecule has 0 atom stereocenters. The van der Waals surface area contributed by atoms with Gasteiger partial charge in [-0.15, -0.1) is 10.2 Å². The third-order valence-electron chi connectivity index (χ3n) is 1.80. The molecule has 4 nitrogen and oxygen atoms in total. The van der Waals surface area contributed by atoms with Gasteiger partial charge >= 0.3 is 0 Å². The van der Waals surface area contributed by atoms with Gasteiger partial charge in [-0.05, 0) is 23.7 Å². The van der Waals surface area contributed by atoms with Crippen LogP contribution in [0.2, 0.25) is 10.4 Å². The van der Waals surface area contributed by atoms with Crippen LogP contribution in [0.15, 0.2) is 18.2 Å². The highest BCUT2D eigenvalue weighted by Crippen LogP contribution is 2.23. The molecular weight excluding hydrogens is 273 g/mol. The molecule has 0 aliphatic carbocycles. The molecule has 1 aromatic heterocycles. The minimum atomic E-state index is -0.782. The van der Waals surface area contributed by atoms with E-state index in [-0.39, 0.29) is 21.9 Å². The van der Waals surface area contributed by atoms with E-state index in [2.05, 4.69) is 20.5 Å². The average molecular weight is 277 g/mol. The Labute approximate surface area is 105 Å². The molecule has 88 valence electrons. The fraction of sp³-hybridized carbons (Fsp3) is 0. The summed E-state index contributed by atoms with van der Waals surface area (Å²) in [5.74, 6) is -1.43. The quantitative estimate of drug-likeness (QED) is 0.915.